The minimum absolute atomic E-state index is 0.0474. The highest BCUT2D eigenvalue weighted by molar-refractivity contribution is 5.90. The first-order chi connectivity index (χ1) is 14.2. The van der Waals surface area contributed by atoms with Crippen LogP contribution in [0.15, 0.2) is 60.7 Å². The number of benzene rings is 2. The van der Waals surface area contributed by atoms with E-state index < -0.39 is 0 Å². The highest BCUT2D eigenvalue weighted by atomic mass is 16.5. The third-order valence-corrected chi connectivity index (χ3v) is 5.62. The third kappa shape index (κ3) is 4.67. The zero-order chi connectivity index (χ0) is 20.1. The topological polar surface area (TPSA) is 56.1 Å². The largest absolute Gasteiger partial charge is 0.497 e. The van der Waals surface area contributed by atoms with Gasteiger partial charge in [-0.3, -0.25) is 4.79 Å². The number of amides is 1. The fourth-order valence-corrected chi connectivity index (χ4v) is 3.98. The van der Waals surface area contributed by atoms with Gasteiger partial charge in [-0.05, 0) is 36.6 Å². The number of rotatable bonds is 7. The van der Waals surface area contributed by atoms with Crippen LogP contribution < -0.4 is 10.1 Å². The summed E-state index contributed by atoms with van der Waals surface area (Å²) in [5.74, 6) is 2.22. The zero-order valence-corrected chi connectivity index (χ0v) is 16.8. The molecule has 29 heavy (non-hydrogen) atoms. The van der Waals surface area contributed by atoms with Crippen LogP contribution in [0.2, 0.25) is 0 Å². The first-order valence-electron chi connectivity index (χ1n) is 10.3. The molecule has 1 N–H and O–H groups in total. The number of anilines is 1. The number of carbonyl (C=O) groups is 1. The summed E-state index contributed by atoms with van der Waals surface area (Å²) in [6, 6.07) is 19.6. The highest BCUT2D eigenvalue weighted by Crippen LogP contribution is 2.29. The second-order valence-corrected chi connectivity index (χ2v) is 7.63. The molecule has 1 fully saturated rings. The highest BCUT2D eigenvalue weighted by Gasteiger charge is 2.18. The Hall–Kier alpha value is -3.08. The molecule has 1 amide bonds. The molecular formula is C24H27N3O2. The van der Waals surface area contributed by atoms with Crippen molar-refractivity contribution in [1.29, 1.82) is 0 Å². The number of methoxy groups -OCH3 is 1. The Labute approximate surface area is 171 Å². The maximum absolute atomic E-state index is 12.6. The van der Waals surface area contributed by atoms with Gasteiger partial charge in [0, 0.05) is 18.1 Å². The molecule has 0 spiro atoms. The van der Waals surface area contributed by atoms with Crippen molar-refractivity contribution in [3.63, 3.8) is 0 Å². The molecule has 0 aliphatic heterocycles. The number of hydrogen-bond acceptors (Lipinski definition) is 3. The smallest absolute Gasteiger partial charge is 0.225 e. The van der Waals surface area contributed by atoms with Gasteiger partial charge in [-0.25, -0.2) is 4.68 Å². The van der Waals surface area contributed by atoms with Crippen LogP contribution in [0.3, 0.4) is 0 Å². The zero-order valence-electron chi connectivity index (χ0n) is 16.8. The first kappa shape index (κ1) is 19.2. The van der Waals surface area contributed by atoms with E-state index >= 15 is 0 Å². The number of hydrogen-bond donors (Lipinski definition) is 1. The van der Waals surface area contributed by atoms with Crippen LogP contribution in [-0.4, -0.2) is 22.8 Å². The predicted octanol–water partition coefficient (Wildman–Crippen LogP) is 5.46. The van der Waals surface area contributed by atoms with Crippen LogP contribution in [0.4, 0.5) is 5.82 Å². The lowest BCUT2D eigenvalue weighted by molar-refractivity contribution is -0.116. The standard InChI is InChI=1S/C24H27N3O2/c1-29-21-14-12-20(13-15-21)27-23(17-22(26-27)19-9-3-2-4-10-19)25-24(28)16-11-18-7-5-6-8-18/h2-4,9-10,12-15,17-18H,5-8,11,16H2,1H3,(H,25,28). The lowest BCUT2D eigenvalue weighted by Gasteiger charge is -2.11. The van der Waals surface area contributed by atoms with E-state index in [1.807, 2.05) is 60.7 Å². The summed E-state index contributed by atoms with van der Waals surface area (Å²) in [6.45, 7) is 0. The molecule has 4 rings (SSSR count). The van der Waals surface area contributed by atoms with Gasteiger partial charge < -0.3 is 10.1 Å². The van der Waals surface area contributed by atoms with E-state index in [1.54, 1.807) is 11.8 Å². The molecule has 5 heteroatoms. The molecular weight excluding hydrogens is 362 g/mol. The van der Waals surface area contributed by atoms with Crippen molar-refractivity contribution in [2.24, 2.45) is 5.92 Å². The maximum atomic E-state index is 12.6. The van der Waals surface area contributed by atoms with Crippen molar-refractivity contribution < 1.29 is 9.53 Å². The van der Waals surface area contributed by atoms with Crippen molar-refractivity contribution in [1.82, 2.24) is 9.78 Å². The average Bonchev–Trinajstić information content (AvgIpc) is 3.43. The van der Waals surface area contributed by atoms with Gasteiger partial charge in [0.2, 0.25) is 5.91 Å². The Morgan fingerprint density at radius 1 is 1.10 bits per heavy atom. The van der Waals surface area contributed by atoms with Gasteiger partial charge in [-0.15, -0.1) is 0 Å². The van der Waals surface area contributed by atoms with Gasteiger partial charge in [-0.2, -0.15) is 5.10 Å². The SMILES string of the molecule is COc1ccc(-n2nc(-c3ccccc3)cc2NC(=O)CCC2CCCC2)cc1. The number of aromatic nitrogens is 2. The number of nitrogens with one attached hydrogen (secondary N) is 1. The first-order valence-corrected chi connectivity index (χ1v) is 10.3. The second kappa shape index (κ2) is 8.95. The summed E-state index contributed by atoms with van der Waals surface area (Å²) in [4.78, 5) is 12.6. The van der Waals surface area contributed by atoms with Crippen molar-refractivity contribution in [3.8, 4) is 22.7 Å². The van der Waals surface area contributed by atoms with E-state index in [9.17, 15) is 4.79 Å². The number of ether oxygens (including phenoxy) is 1. The fraction of sp³-hybridized carbons (Fsp3) is 0.333. The number of carbonyl (C=O) groups excluding carboxylic acids is 1. The van der Waals surface area contributed by atoms with Crippen molar-refractivity contribution in [3.05, 3.63) is 60.7 Å². The van der Waals surface area contributed by atoms with Crippen LogP contribution in [0, 0.1) is 5.92 Å². The molecule has 0 saturated heterocycles. The predicted molar refractivity (Wildman–Crippen MR) is 115 cm³/mol. The third-order valence-electron chi connectivity index (χ3n) is 5.62. The van der Waals surface area contributed by atoms with Gasteiger partial charge in [0.1, 0.15) is 11.6 Å². The molecule has 1 saturated carbocycles. The Balaban J connectivity index is 1.57. The van der Waals surface area contributed by atoms with E-state index in [-0.39, 0.29) is 5.91 Å². The average molecular weight is 389 g/mol. The summed E-state index contributed by atoms with van der Waals surface area (Å²) in [6.07, 6.45) is 6.64. The van der Waals surface area contributed by atoms with Crippen molar-refractivity contribution in [2.75, 3.05) is 12.4 Å². The summed E-state index contributed by atoms with van der Waals surface area (Å²) >= 11 is 0. The van der Waals surface area contributed by atoms with E-state index in [0.29, 0.717) is 18.2 Å². The molecule has 1 heterocycles. The lowest BCUT2D eigenvalue weighted by atomic mass is 10.0. The van der Waals surface area contributed by atoms with Crippen molar-refractivity contribution >= 4 is 11.7 Å². The van der Waals surface area contributed by atoms with Crippen molar-refractivity contribution in [2.45, 2.75) is 38.5 Å². The van der Waals surface area contributed by atoms with Gasteiger partial charge in [0.15, 0.2) is 0 Å². The van der Waals surface area contributed by atoms with E-state index in [1.165, 1.54) is 25.7 Å². The van der Waals surface area contributed by atoms with Crippen LogP contribution in [-0.2, 0) is 4.79 Å². The molecule has 0 radical (unpaired) electrons. The molecule has 0 bridgehead atoms. The second-order valence-electron chi connectivity index (χ2n) is 7.63. The molecule has 1 aromatic heterocycles. The summed E-state index contributed by atoms with van der Waals surface area (Å²) in [5, 5.41) is 7.84. The van der Waals surface area contributed by atoms with Crippen LogP contribution >= 0.6 is 0 Å². The fourth-order valence-electron chi connectivity index (χ4n) is 3.98. The van der Waals surface area contributed by atoms with E-state index in [4.69, 9.17) is 9.84 Å². The monoisotopic (exact) mass is 389 g/mol. The van der Waals surface area contributed by atoms with Gasteiger partial charge in [0.25, 0.3) is 0 Å². The Kier molecular flexibility index (Phi) is 5.94. The van der Waals surface area contributed by atoms with Gasteiger partial charge >= 0.3 is 0 Å². The Morgan fingerprint density at radius 3 is 2.52 bits per heavy atom. The summed E-state index contributed by atoms with van der Waals surface area (Å²) in [7, 11) is 1.65. The quantitative estimate of drug-likeness (QED) is 0.584. The maximum Gasteiger partial charge on any atom is 0.225 e. The van der Waals surface area contributed by atoms with Gasteiger partial charge in [-0.1, -0.05) is 56.0 Å². The minimum atomic E-state index is 0.0474. The molecule has 150 valence electrons. The van der Waals surface area contributed by atoms with Crippen LogP contribution in [0.1, 0.15) is 38.5 Å². The molecule has 2 aromatic carbocycles. The molecule has 1 aliphatic rings. The molecule has 5 nitrogen and oxygen atoms in total. The Morgan fingerprint density at radius 2 is 1.83 bits per heavy atom. The summed E-state index contributed by atoms with van der Waals surface area (Å²) < 4.78 is 7.04. The molecule has 0 unspecified atom stereocenters. The lowest BCUT2D eigenvalue weighted by Crippen LogP contribution is -2.15. The summed E-state index contributed by atoms with van der Waals surface area (Å²) in [5.41, 5.74) is 2.72. The van der Waals surface area contributed by atoms with Crippen LogP contribution in [0.25, 0.3) is 16.9 Å². The van der Waals surface area contributed by atoms with E-state index in [2.05, 4.69) is 5.32 Å². The number of nitrogens with zero attached hydrogens (tertiary/aromatic N) is 2. The van der Waals surface area contributed by atoms with Gasteiger partial charge in [0.05, 0.1) is 18.5 Å². The molecule has 1 aliphatic carbocycles. The van der Waals surface area contributed by atoms with Crippen LogP contribution in [0.5, 0.6) is 5.75 Å². The minimum Gasteiger partial charge on any atom is -0.497 e. The van der Waals surface area contributed by atoms with E-state index in [0.717, 1.165) is 29.1 Å². The molecule has 0 atom stereocenters. The Bertz CT molecular complexity index is 942. The normalized spacial score (nSPS) is 14.1. The molecule has 3 aromatic rings.